The fourth-order valence-electron chi connectivity index (χ4n) is 0.498. The number of carbonyl (C=O) groups is 1. The van der Waals surface area contributed by atoms with Gasteiger partial charge in [0, 0.05) is 13.1 Å². The lowest BCUT2D eigenvalue weighted by Crippen LogP contribution is -2.42. The van der Waals surface area contributed by atoms with Gasteiger partial charge in [-0.05, 0) is 7.05 Å². The first-order chi connectivity index (χ1) is 6.02. The van der Waals surface area contributed by atoms with Crippen LogP contribution in [0.25, 0.3) is 0 Å². The number of ether oxygens (including phenoxy) is 1. The molecule has 0 aromatic carbocycles. The van der Waals surface area contributed by atoms with Crippen molar-refractivity contribution in [1.82, 2.24) is 14.8 Å². The minimum Gasteiger partial charge on any atom is -0.452 e. The third-order valence-electron chi connectivity index (χ3n) is 1.07. The molecular weight excluding hydrogens is 198 g/mol. The summed E-state index contributed by atoms with van der Waals surface area (Å²) in [5, 5.41) is 2.74. The van der Waals surface area contributed by atoms with Gasteiger partial charge in [0.05, 0.1) is 7.11 Å². The highest BCUT2D eigenvalue weighted by atomic mass is 32.2. The van der Waals surface area contributed by atoms with Crippen molar-refractivity contribution in [1.29, 1.82) is 0 Å². The molecule has 0 spiro atoms. The topological polar surface area (TPSA) is 96.5 Å². The van der Waals surface area contributed by atoms with E-state index in [4.69, 9.17) is 0 Å². The maximum Gasteiger partial charge on any atom is 0.421 e. The number of hydrogen-bond acceptors (Lipinski definition) is 5. The summed E-state index contributed by atoms with van der Waals surface area (Å²) in [4.78, 5) is 10.5. The second-order valence-electron chi connectivity index (χ2n) is 2.09. The number of hydrogen-bond donors (Lipinski definition) is 3. The SMILES string of the molecule is CNCCNS(=O)(=O)NC(=O)OC. The quantitative estimate of drug-likeness (QED) is 0.476. The summed E-state index contributed by atoms with van der Waals surface area (Å²) in [6.45, 7) is 0.672. The van der Waals surface area contributed by atoms with Gasteiger partial charge in [-0.2, -0.15) is 13.1 Å². The Kier molecular flexibility index (Phi) is 5.35. The van der Waals surface area contributed by atoms with Gasteiger partial charge in [0.25, 0.3) is 0 Å². The Morgan fingerprint density at radius 3 is 2.46 bits per heavy atom. The Labute approximate surface area is 77.0 Å². The minimum absolute atomic E-state index is 0.197. The van der Waals surface area contributed by atoms with Gasteiger partial charge < -0.3 is 10.1 Å². The summed E-state index contributed by atoms with van der Waals surface area (Å²) in [6, 6.07) is 0. The van der Waals surface area contributed by atoms with Crippen molar-refractivity contribution in [2.45, 2.75) is 0 Å². The average molecular weight is 211 g/mol. The van der Waals surface area contributed by atoms with E-state index in [0.29, 0.717) is 6.54 Å². The molecule has 0 aliphatic carbocycles. The Hall–Kier alpha value is -0.860. The highest BCUT2D eigenvalue weighted by molar-refractivity contribution is 7.88. The number of methoxy groups -OCH3 is 1. The van der Waals surface area contributed by atoms with Gasteiger partial charge in [-0.15, -0.1) is 0 Å². The lowest BCUT2D eigenvalue weighted by Gasteiger charge is -2.06. The Morgan fingerprint density at radius 2 is 2.00 bits per heavy atom. The zero-order valence-electron chi connectivity index (χ0n) is 7.46. The van der Waals surface area contributed by atoms with Crippen molar-refractivity contribution in [2.75, 3.05) is 27.2 Å². The van der Waals surface area contributed by atoms with Crippen LogP contribution in [0.3, 0.4) is 0 Å². The number of nitrogens with one attached hydrogen (secondary N) is 3. The maximum absolute atomic E-state index is 10.9. The van der Waals surface area contributed by atoms with Crippen molar-refractivity contribution in [2.24, 2.45) is 0 Å². The zero-order chi connectivity index (χ0) is 10.3. The van der Waals surface area contributed by atoms with E-state index in [1.165, 1.54) is 0 Å². The van der Waals surface area contributed by atoms with Crippen LogP contribution >= 0.6 is 0 Å². The van der Waals surface area contributed by atoms with E-state index in [1.54, 1.807) is 11.8 Å². The van der Waals surface area contributed by atoms with Gasteiger partial charge in [-0.3, -0.25) is 0 Å². The van der Waals surface area contributed by atoms with Crippen LogP contribution in [0.5, 0.6) is 0 Å². The van der Waals surface area contributed by atoms with E-state index in [9.17, 15) is 13.2 Å². The van der Waals surface area contributed by atoms with Crippen LogP contribution in [0.4, 0.5) is 4.79 Å². The van der Waals surface area contributed by atoms with E-state index in [1.807, 2.05) is 0 Å². The van der Waals surface area contributed by atoms with Crippen LogP contribution < -0.4 is 14.8 Å². The lowest BCUT2D eigenvalue weighted by atomic mass is 10.7. The molecule has 0 aliphatic heterocycles. The molecular formula is C5H13N3O4S. The minimum atomic E-state index is -3.78. The molecule has 0 saturated heterocycles. The van der Waals surface area contributed by atoms with Gasteiger partial charge in [-0.1, -0.05) is 0 Å². The Morgan fingerprint density at radius 1 is 1.38 bits per heavy atom. The Bertz CT molecular complexity index is 251. The van der Waals surface area contributed by atoms with Crippen molar-refractivity contribution in [3.63, 3.8) is 0 Å². The summed E-state index contributed by atoms with van der Waals surface area (Å²) in [7, 11) is -1.02. The smallest absolute Gasteiger partial charge is 0.421 e. The van der Waals surface area contributed by atoms with Crippen LogP contribution in [-0.4, -0.2) is 41.8 Å². The molecule has 0 aliphatic rings. The molecule has 3 N–H and O–H groups in total. The molecule has 0 aromatic heterocycles. The zero-order valence-corrected chi connectivity index (χ0v) is 8.27. The number of amides is 1. The fraction of sp³-hybridized carbons (Fsp3) is 0.800. The number of likely N-dealkylation sites (N-methyl/N-ethyl adjacent to an activating group) is 1. The monoisotopic (exact) mass is 211 g/mol. The molecule has 0 radical (unpaired) electrons. The van der Waals surface area contributed by atoms with Crippen molar-refractivity contribution >= 4 is 16.3 Å². The normalized spacial score (nSPS) is 10.9. The molecule has 13 heavy (non-hydrogen) atoms. The average Bonchev–Trinajstić information content (AvgIpc) is 2.03. The van der Waals surface area contributed by atoms with Crippen LogP contribution in [0, 0.1) is 0 Å². The first-order valence-corrected chi connectivity index (χ1v) is 5.00. The number of carbonyl (C=O) groups excluding carboxylic acids is 1. The molecule has 8 heteroatoms. The molecule has 0 aromatic rings. The summed E-state index contributed by atoms with van der Waals surface area (Å²) >= 11 is 0. The first kappa shape index (κ1) is 12.1. The van der Waals surface area contributed by atoms with Crippen molar-refractivity contribution in [3.05, 3.63) is 0 Å². The predicted octanol–water partition coefficient (Wildman–Crippen LogP) is -1.60. The molecule has 0 fully saturated rings. The second kappa shape index (κ2) is 5.73. The van der Waals surface area contributed by atoms with Gasteiger partial charge in [-0.25, -0.2) is 9.52 Å². The van der Waals surface area contributed by atoms with Crippen molar-refractivity contribution in [3.8, 4) is 0 Å². The molecule has 0 saturated carbocycles. The third-order valence-corrected chi connectivity index (χ3v) is 2.09. The summed E-state index contributed by atoms with van der Waals surface area (Å²) in [5.41, 5.74) is 0. The molecule has 0 unspecified atom stereocenters. The molecule has 1 amide bonds. The fourth-order valence-corrected chi connectivity index (χ4v) is 1.24. The molecule has 78 valence electrons. The van der Waals surface area contributed by atoms with E-state index in [0.717, 1.165) is 7.11 Å². The highest BCUT2D eigenvalue weighted by Crippen LogP contribution is 1.78. The van der Waals surface area contributed by atoms with Crippen LogP contribution in [0.15, 0.2) is 0 Å². The van der Waals surface area contributed by atoms with Gasteiger partial charge >= 0.3 is 16.3 Å². The third kappa shape index (κ3) is 6.31. The standard InChI is InChI=1S/C5H13N3O4S/c1-6-3-4-7-13(10,11)8-5(9)12-2/h6-7H,3-4H2,1-2H3,(H,8,9). The number of rotatable bonds is 5. The van der Waals surface area contributed by atoms with Gasteiger partial charge in [0.2, 0.25) is 0 Å². The maximum atomic E-state index is 10.9. The summed E-state index contributed by atoms with van der Waals surface area (Å²) < 4.78 is 29.7. The van der Waals surface area contributed by atoms with Gasteiger partial charge in [0.1, 0.15) is 0 Å². The first-order valence-electron chi connectivity index (χ1n) is 3.52. The molecule has 0 heterocycles. The van der Waals surface area contributed by atoms with E-state index in [-0.39, 0.29) is 6.54 Å². The predicted molar refractivity (Wildman–Crippen MR) is 46.4 cm³/mol. The molecule has 0 rings (SSSR count). The second-order valence-corrected chi connectivity index (χ2v) is 3.59. The summed E-state index contributed by atoms with van der Waals surface area (Å²) in [6.07, 6.45) is -1.02. The van der Waals surface area contributed by atoms with E-state index < -0.39 is 16.3 Å². The van der Waals surface area contributed by atoms with Crippen LogP contribution in [0.1, 0.15) is 0 Å². The van der Waals surface area contributed by atoms with E-state index >= 15 is 0 Å². The van der Waals surface area contributed by atoms with E-state index in [2.05, 4.69) is 14.8 Å². The largest absolute Gasteiger partial charge is 0.452 e. The van der Waals surface area contributed by atoms with Crippen molar-refractivity contribution < 1.29 is 17.9 Å². The van der Waals surface area contributed by atoms with Crippen LogP contribution in [-0.2, 0) is 14.9 Å². The summed E-state index contributed by atoms with van der Waals surface area (Å²) in [5.74, 6) is 0. The Balaban J connectivity index is 3.88. The molecule has 0 atom stereocenters. The molecule has 0 bridgehead atoms. The lowest BCUT2D eigenvalue weighted by molar-refractivity contribution is 0.177. The molecule has 7 nitrogen and oxygen atoms in total. The van der Waals surface area contributed by atoms with Crippen LogP contribution in [0.2, 0.25) is 0 Å². The highest BCUT2D eigenvalue weighted by Gasteiger charge is 2.12. The van der Waals surface area contributed by atoms with Gasteiger partial charge in [0.15, 0.2) is 0 Å².